The second-order valence-electron chi connectivity index (χ2n) is 11.2. The van der Waals surface area contributed by atoms with Crippen LogP contribution in [0.4, 0.5) is 0 Å². The van der Waals surface area contributed by atoms with Crippen LogP contribution in [0.5, 0.6) is 0 Å². The standard InChI is InChI=1S/C30H40N2O14P4/c1-43-47(35,36)17-23-9-24(18-48(37,38)44-2)12-27(11-23)29(33)31-15-21-6-5-7-22(8-21)16-32-30(34)28-13-25(19-49(39,40)45-3)10-26(14-28)20-50(41,42)46-4/h5-14H,15-20H2,1-4H3,(H,31,33)(H,32,34)(H,35,36)(H,37,38)(H,39,40)(H,41,42). The fraction of sp³-hybridized carbons (Fsp3) is 0.333. The van der Waals surface area contributed by atoms with Gasteiger partial charge in [-0.25, -0.2) is 0 Å². The van der Waals surface area contributed by atoms with E-state index >= 15 is 0 Å². The van der Waals surface area contributed by atoms with Crippen molar-refractivity contribution in [2.45, 2.75) is 37.7 Å². The molecule has 0 saturated carbocycles. The lowest BCUT2D eigenvalue weighted by Gasteiger charge is -2.15. The molecular formula is C30H40N2O14P4. The summed E-state index contributed by atoms with van der Waals surface area (Å²) in [5.41, 5.74) is 2.39. The summed E-state index contributed by atoms with van der Waals surface area (Å²) < 4.78 is 67.3. The minimum atomic E-state index is -4.03. The monoisotopic (exact) mass is 776 g/mol. The van der Waals surface area contributed by atoms with Gasteiger partial charge in [0.2, 0.25) is 0 Å². The van der Waals surface area contributed by atoms with Gasteiger partial charge in [0.25, 0.3) is 11.8 Å². The van der Waals surface area contributed by atoms with E-state index in [1.54, 1.807) is 24.3 Å². The smallest absolute Gasteiger partial charge is 0.332 e. The molecule has 0 aliphatic rings. The Morgan fingerprint density at radius 2 is 0.760 bits per heavy atom. The summed E-state index contributed by atoms with van der Waals surface area (Å²) in [5, 5.41) is 5.48. The lowest BCUT2D eigenvalue weighted by molar-refractivity contribution is 0.0943. The number of carbonyl (C=O) groups is 2. The minimum absolute atomic E-state index is 0.0418. The van der Waals surface area contributed by atoms with Gasteiger partial charge in [-0.3, -0.25) is 27.8 Å². The largest absolute Gasteiger partial charge is 0.348 e. The second kappa shape index (κ2) is 17.6. The third-order valence-corrected chi connectivity index (χ3v) is 12.5. The predicted octanol–water partition coefficient (Wildman–Crippen LogP) is 4.87. The van der Waals surface area contributed by atoms with E-state index in [1.165, 1.54) is 36.4 Å². The van der Waals surface area contributed by atoms with E-state index in [2.05, 4.69) is 28.7 Å². The number of hydrogen-bond donors (Lipinski definition) is 6. The molecule has 3 aromatic rings. The van der Waals surface area contributed by atoms with Gasteiger partial charge in [0.15, 0.2) is 0 Å². The molecule has 4 unspecified atom stereocenters. The molecule has 0 saturated heterocycles. The number of carbonyl (C=O) groups excluding carboxylic acids is 2. The first-order valence-electron chi connectivity index (χ1n) is 14.7. The van der Waals surface area contributed by atoms with Crippen LogP contribution in [-0.2, 0) is 74.1 Å². The van der Waals surface area contributed by atoms with Crippen molar-refractivity contribution < 1.29 is 65.5 Å². The van der Waals surface area contributed by atoms with Crippen LogP contribution >= 0.6 is 30.4 Å². The van der Waals surface area contributed by atoms with Gasteiger partial charge in [0.1, 0.15) is 0 Å². The third-order valence-electron chi connectivity index (χ3n) is 7.20. The van der Waals surface area contributed by atoms with Crippen LogP contribution < -0.4 is 10.6 Å². The molecule has 0 spiro atoms. The molecule has 50 heavy (non-hydrogen) atoms. The summed E-state index contributed by atoms with van der Waals surface area (Å²) in [6, 6.07) is 15.3. The number of nitrogens with one attached hydrogen (secondary N) is 2. The van der Waals surface area contributed by atoms with Crippen LogP contribution in [0.15, 0.2) is 60.7 Å². The van der Waals surface area contributed by atoms with Gasteiger partial charge in [-0.05, 0) is 57.6 Å². The Labute approximate surface area is 289 Å². The minimum Gasteiger partial charge on any atom is -0.348 e. The van der Waals surface area contributed by atoms with Crippen LogP contribution in [0.1, 0.15) is 54.1 Å². The van der Waals surface area contributed by atoms with Crippen molar-refractivity contribution in [1.82, 2.24) is 10.6 Å². The van der Waals surface area contributed by atoms with E-state index in [4.69, 9.17) is 0 Å². The van der Waals surface area contributed by atoms with Crippen LogP contribution in [0.3, 0.4) is 0 Å². The summed E-state index contributed by atoms with van der Waals surface area (Å²) in [4.78, 5) is 66.1. The fourth-order valence-corrected chi connectivity index (χ4v) is 7.84. The van der Waals surface area contributed by atoms with Gasteiger partial charge in [-0.1, -0.05) is 36.4 Å². The zero-order valence-electron chi connectivity index (χ0n) is 27.7. The molecule has 0 aliphatic carbocycles. The van der Waals surface area contributed by atoms with Gasteiger partial charge in [0, 0.05) is 52.7 Å². The number of amides is 2. The molecule has 4 atom stereocenters. The van der Waals surface area contributed by atoms with E-state index in [1.807, 2.05) is 0 Å². The lowest BCUT2D eigenvalue weighted by Crippen LogP contribution is -2.24. The van der Waals surface area contributed by atoms with Crippen LogP contribution in [0.25, 0.3) is 0 Å². The molecule has 0 fully saturated rings. The van der Waals surface area contributed by atoms with Crippen LogP contribution in [-0.4, -0.2) is 59.8 Å². The maximum Gasteiger partial charge on any atom is 0.332 e. The highest BCUT2D eigenvalue weighted by Gasteiger charge is 2.25. The molecule has 0 aliphatic heterocycles. The first kappa shape index (κ1) is 41.6. The highest BCUT2D eigenvalue weighted by molar-refractivity contribution is 7.52. The maximum absolute atomic E-state index is 13.1. The highest BCUT2D eigenvalue weighted by atomic mass is 31.2. The van der Waals surface area contributed by atoms with E-state index in [-0.39, 0.29) is 46.5 Å². The zero-order valence-corrected chi connectivity index (χ0v) is 31.3. The zero-order chi connectivity index (χ0) is 37.3. The number of rotatable bonds is 18. The van der Waals surface area contributed by atoms with Crippen molar-refractivity contribution in [1.29, 1.82) is 0 Å². The molecule has 0 aromatic heterocycles. The predicted molar refractivity (Wildman–Crippen MR) is 184 cm³/mol. The Morgan fingerprint density at radius 3 is 1.02 bits per heavy atom. The maximum atomic E-state index is 13.1. The van der Waals surface area contributed by atoms with E-state index in [0.717, 1.165) is 28.4 Å². The van der Waals surface area contributed by atoms with Crippen molar-refractivity contribution in [3.05, 3.63) is 105 Å². The molecule has 3 aromatic carbocycles. The Hall–Kier alpha value is -2.80. The fourth-order valence-electron chi connectivity index (χ4n) is 4.75. The summed E-state index contributed by atoms with van der Waals surface area (Å²) >= 11 is 0. The normalized spacial score (nSPS) is 16.3. The molecule has 6 N–H and O–H groups in total. The molecule has 274 valence electrons. The molecule has 3 rings (SSSR count). The summed E-state index contributed by atoms with van der Waals surface area (Å²) in [7, 11) is -11.8. The van der Waals surface area contributed by atoms with Crippen LogP contribution in [0.2, 0.25) is 0 Å². The number of benzene rings is 3. The van der Waals surface area contributed by atoms with Crippen molar-refractivity contribution in [3.8, 4) is 0 Å². The number of hydrogen-bond acceptors (Lipinski definition) is 10. The van der Waals surface area contributed by atoms with Gasteiger partial charge in [-0.2, -0.15) is 0 Å². The SMILES string of the molecule is COP(=O)(O)Cc1cc(CP(=O)(O)OC)cc(C(=O)NCc2cccc(CNC(=O)c3cc(CP(=O)(O)OC)cc(CP(=O)(O)OC)c3)c2)c1. The van der Waals surface area contributed by atoms with Gasteiger partial charge < -0.3 is 48.3 Å². The summed E-state index contributed by atoms with van der Waals surface area (Å²) in [6.45, 7) is 0.0836. The Morgan fingerprint density at radius 1 is 0.500 bits per heavy atom. The van der Waals surface area contributed by atoms with Gasteiger partial charge in [-0.15, -0.1) is 0 Å². The average Bonchev–Trinajstić information content (AvgIpc) is 3.05. The molecule has 2 amide bonds. The first-order valence-corrected chi connectivity index (χ1v) is 21.7. The quantitative estimate of drug-likeness (QED) is 0.0944. The summed E-state index contributed by atoms with van der Waals surface area (Å²) in [5.74, 6) is -1.14. The Balaban J connectivity index is 1.75. The average molecular weight is 777 g/mol. The van der Waals surface area contributed by atoms with Crippen molar-refractivity contribution in [2.75, 3.05) is 28.4 Å². The Bertz CT molecular complexity index is 1680. The molecule has 0 heterocycles. The topological polar surface area (TPSA) is 244 Å². The Kier molecular flexibility index (Phi) is 14.7. The first-order chi connectivity index (χ1) is 23.3. The van der Waals surface area contributed by atoms with E-state index < -0.39 is 66.8 Å². The van der Waals surface area contributed by atoms with Crippen molar-refractivity contribution >= 4 is 42.2 Å². The lowest BCUT2D eigenvalue weighted by atomic mass is 10.1. The molecule has 20 heteroatoms. The third kappa shape index (κ3) is 13.4. The van der Waals surface area contributed by atoms with E-state index in [0.29, 0.717) is 11.1 Å². The summed E-state index contributed by atoms with van der Waals surface area (Å²) in [6.07, 6.45) is -1.76. The van der Waals surface area contributed by atoms with Gasteiger partial charge in [0.05, 0.1) is 24.6 Å². The highest BCUT2D eigenvalue weighted by Crippen LogP contribution is 2.48. The molecule has 0 radical (unpaired) electrons. The molecular weight excluding hydrogens is 736 g/mol. The molecule has 0 bridgehead atoms. The molecule has 16 nitrogen and oxygen atoms in total. The van der Waals surface area contributed by atoms with E-state index in [9.17, 15) is 47.4 Å². The van der Waals surface area contributed by atoms with Crippen molar-refractivity contribution in [3.63, 3.8) is 0 Å². The van der Waals surface area contributed by atoms with Gasteiger partial charge >= 0.3 is 30.4 Å². The second-order valence-corrected chi connectivity index (χ2v) is 19.0. The van der Waals surface area contributed by atoms with Crippen LogP contribution in [0, 0.1) is 0 Å². The van der Waals surface area contributed by atoms with Crippen molar-refractivity contribution in [2.24, 2.45) is 0 Å².